The fraction of sp³-hybridized carbons (Fsp3) is 0.320. The fourth-order valence-electron chi connectivity index (χ4n) is 4.10. The van der Waals surface area contributed by atoms with Crippen LogP contribution in [0.15, 0.2) is 54.7 Å². The molecular weight excluding hydrogens is 418 g/mol. The first-order valence-electron chi connectivity index (χ1n) is 11.2. The Morgan fingerprint density at radius 1 is 1.06 bits per heavy atom. The van der Waals surface area contributed by atoms with Gasteiger partial charge in [0.15, 0.2) is 6.61 Å². The van der Waals surface area contributed by atoms with Gasteiger partial charge in [-0.2, -0.15) is 0 Å². The zero-order valence-corrected chi connectivity index (χ0v) is 18.7. The Hall–Kier alpha value is -3.49. The van der Waals surface area contributed by atoms with Crippen LogP contribution in [0.5, 0.6) is 5.75 Å². The maximum Gasteiger partial charge on any atom is 0.265 e. The molecule has 33 heavy (non-hydrogen) atoms. The summed E-state index contributed by atoms with van der Waals surface area (Å²) in [6, 6.07) is 15.8. The lowest BCUT2D eigenvalue weighted by atomic mass is 10.1. The van der Waals surface area contributed by atoms with Crippen molar-refractivity contribution in [2.45, 2.75) is 6.92 Å². The highest BCUT2D eigenvalue weighted by molar-refractivity contribution is 5.98. The number of nitrogens with zero attached hydrogens (tertiary/aromatic N) is 4. The van der Waals surface area contributed by atoms with Crippen molar-refractivity contribution in [2.24, 2.45) is 0 Å². The second kappa shape index (κ2) is 9.56. The molecule has 0 unspecified atom stereocenters. The molecule has 8 heteroatoms. The Bertz CT molecular complexity index is 1150. The predicted octanol–water partition coefficient (Wildman–Crippen LogP) is 3.25. The van der Waals surface area contributed by atoms with Gasteiger partial charge in [-0.05, 0) is 48.9 Å². The number of hydrogen-bond donors (Lipinski definition) is 1. The SMILES string of the molecule is Cc1cccc(Nc2nccc(-c3ccc4c(c3)N(CCN3CCOCC3)C(=O)CO4)n2)c1. The van der Waals surface area contributed by atoms with Gasteiger partial charge >= 0.3 is 0 Å². The number of benzene rings is 2. The summed E-state index contributed by atoms with van der Waals surface area (Å²) in [5, 5.41) is 3.26. The molecule has 8 nitrogen and oxygen atoms in total. The van der Waals surface area contributed by atoms with Gasteiger partial charge < -0.3 is 19.7 Å². The smallest absolute Gasteiger partial charge is 0.265 e. The summed E-state index contributed by atoms with van der Waals surface area (Å²) in [7, 11) is 0. The van der Waals surface area contributed by atoms with Gasteiger partial charge in [-0.1, -0.05) is 12.1 Å². The van der Waals surface area contributed by atoms with Gasteiger partial charge in [0, 0.05) is 43.6 Å². The minimum atomic E-state index is -0.0302. The Morgan fingerprint density at radius 3 is 2.79 bits per heavy atom. The first kappa shape index (κ1) is 21.4. The summed E-state index contributed by atoms with van der Waals surface area (Å²) >= 11 is 0. The van der Waals surface area contributed by atoms with E-state index >= 15 is 0 Å². The second-order valence-corrected chi connectivity index (χ2v) is 8.23. The molecule has 1 fully saturated rings. The molecule has 1 amide bonds. The summed E-state index contributed by atoms with van der Waals surface area (Å²) in [5.41, 5.74) is 4.55. The van der Waals surface area contributed by atoms with E-state index in [1.165, 1.54) is 0 Å². The van der Waals surface area contributed by atoms with Crippen LogP contribution < -0.4 is 15.0 Å². The number of morpholine rings is 1. The molecule has 3 heterocycles. The van der Waals surface area contributed by atoms with Crippen molar-refractivity contribution >= 4 is 23.2 Å². The number of fused-ring (bicyclic) bond motifs is 1. The lowest BCUT2D eigenvalue weighted by Gasteiger charge is -2.33. The van der Waals surface area contributed by atoms with E-state index in [0.717, 1.165) is 61.0 Å². The normalized spacial score (nSPS) is 16.3. The van der Waals surface area contributed by atoms with Crippen LogP contribution >= 0.6 is 0 Å². The summed E-state index contributed by atoms with van der Waals surface area (Å²) in [6.45, 7) is 6.79. The fourth-order valence-corrected chi connectivity index (χ4v) is 4.10. The largest absolute Gasteiger partial charge is 0.482 e. The number of rotatable bonds is 6. The van der Waals surface area contributed by atoms with Crippen LogP contribution in [0, 0.1) is 6.92 Å². The topological polar surface area (TPSA) is 79.8 Å². The molecule has 170 valence electrons. The molecule has 1 N–H and O–H groups in total. The molecule has 0 radical (unpaired) electrons. The number of aromatic nitrogens is 2. The summed E-state index contributed by atoms with van der Waals surface area (Å²) in [6.07, 6.45) is 1.73. The van der Waals surface area contributed by atoms with Gasteiger partial charge in [-0.25, -0.2) is 9.97 Å². The number of nitrogens with one attached hydrogen (secondary N) is 1. The van der Waals surface area contributed by atoms with Gasteiger partial charge in [0.25, 0.3) is 5.91 Å². The van der Waals surface area contributed by atoms with Crippen LogP contribution in [-0.2, 0) is 9.53 Å². The van der Waals surface area contributed by atoms with Crippen LogP contribution in [0.3, 0.4) is 0 Å². The lowest BCUT2D eigenvalue weighted by molar-refractivity contribution is -0.121. The maximum atomic E-state index is 12.7. The molecule has 2 aliphatic rings. The van der Waals surface area contributed by atoms with Crippen LogP contribution in [0.25, 0.3) is 11.3 Å². The molecule has 3 aromatic rings. The number of hydrogen-bond acceptors (Lipinski definition) is 7. The average molecular weight is 446 g/mol. The average Bonchev–Trinajstić information content (AvgIpc) is 2.84. The molecule has 1 aromatic heterocycles. The first-order valence-corrected chi connectivity index (χ1v) is 11.2. The van der Waals surface area contributed by atoms with Crippen molar-refractivity contribution < 1.29 is 14.3 Å². The predicted molar refractivity (Wildman–Crippen MR) is 127 cm³/mol. The van der Waals surface area contributed by atoms with Crippen LogP contribution in [-0.4, -0.2) is 66.8 Å². The van der Waals surface area contributed by atoms with E-state index in [2.05, 4.69) is 15.2 Å². The molecule has 0 saturated carbocycles. The van der Waals surface area contributed by atoms with Crippen LogP contribution in [0.1, 0.15) is 5.56 Å². The quantitative estimate of drug-likeness (QED) is 0.624. The zero-order valence-electron chi connectivity index (χ0n) is 18.7. The third-order valence-electron chi connectivity index (χ3n) is 5.87. The molecule has 0 bridgehead atoms. The molecule has 0 atom stereocenters. The third kappa shape index (κ3) is 4.97. The molecule has 0 aliphatic carbocycles. The molecule has 2 aliphatic heterocycles. The van der Waals surface area contributed by atoms with Gasteiger partial charge in [-0.15, -0.1) is 0 Å². The van der Waals surface area contributed by atoms with Crippen molar-refractivity contribution in [1.82, 2.24) is 14.9 Å². The Labute approximate surface area is 193 Å². The van der Waals surface area contributed by atoms with E-state index in [0.29, 0.717) is 18.2 Å². The highest BCUT2D eigenvalue weighted by Gasteiger charge is 2.26. The standard InChI is InChI=1S/C25H27N5O3/c1-18-3-2-4-20(15-18)27-25-26-8-7-21(28-25)19-5-6-23-22(16-19)30(24(31)17-33-23)10-9-29-11-13-32-14-12-29/h2-8,15-16H,9-14,17H2,1H3,(H,26,27,28). The van der Waals surface area contributed by atoms with Gasteiger partial charge in [0.1, 0.15) is 5.75 Å². The Balaban J connectivity index is 1.38. The number of aryl methyl sites for hydroxylation is 1. The minimum Gasteiger partial charge on any atom is -0.482 e. The zero-order chi connectivity index (χ0) is 22.6. The minimum absolute atomic E-state index is 0.0302. The third-order valence-corrected chi connectivity index (χ3v) is 5.87. The monoisotopic (exact) mass is 445 g/mol. The van der Waals surface area contributed by atoms with E-state index in [4.69, 9.17) is 14.5 Å². The Morgan fingerprint density at radius 2 is 1.94 bits per heavy atom. The lowest BCUT2D eigenvalue weighted by Crippen LogP contribution is -2.45. The first-order chi connectivity index (χ1) is 16.2. The number of ether oxygens (including phenoxy) is 2. The summed E-state index contributed by atoms with van der Waals surface area (Å²) in [5.74, 6) is 1.21. The molecular formula is C25H27N5O3. The number of anilines is 3. The number of carbonyl (C=O) groups excluding carboxylic acids is 1. The summed E-state index contributed by atoms with van der Waals surface area (Å²) in [4.78, 5) is 25.9. The van der Waals surface area contributed by atoms with Gasteiger partial charge in [0.2, 0.25) is 5.95 Å². The molecule has 1 saturated heterocycles. The molecule has 5 rings (SSSR count). The highest BCUT2D eigenvalue weighted by Crippen LogP contribution is 2.35. The maximum absolute atomic E-state index is 12.7. The van der Waals surface area contributed by atoms with Crippen molar-refractivity contribution in [3.8, 4) is 17.0 Å². The molecule has 2 aromatic carbocycles. The highest BCUT2D eigenvalue weighted by atomic mass is 16.5. The van der Waals surface area contributed by atoms with E-state index in [1.54, 1.807) is 6.20 Å². The molecule has 0 spiro atoms. The van der Waals surface area contributed by atoms with Crippen LogP contribution in [0.2, 0.25) is 0 Å². The Kier molecular flexibility index (Phi) is 6.19. The van der Waals surface area contributed by atoms with Crippen LogP contribution in [0.4, 0.5) is 17.3 Å². The second-order valence-electron chi connectivity index (χ2n) is 8.23. The van der Waals surface area contributed by atoms with E-state index < -0.39 is 0 Å². The number of amides is 1. The van der Waals surface area contributed by atoms with Crippen molar-refractivity contribution in [3.05, 3.63) is 60.3 Å². The van der Waals surface area contributed by atoms with Crippen molar-refractivity contribution in [3.63, 3.8) is 0 Å². The number of carbonyl (C=O) groups is 1. The van der Waals surface area contributed by atoms with Crippen molar-refractivity contribution in [1.29, 1.82) is 0 Å². The van der Waals surface area contributed by atoms with E-state index in [1.807, 2.05) is 60.4 Å². The van der Waals surface area contributed by atoms with Gasteiger partial charge in [-0.3, -0.25) is 9.69 Å². The van der Waals surface area contributed by atoms with E-state index in [-0.39, 0.29) is 12.5 Å². The van der Waals surface area contributed by atoms with Crippen molar-refractivity contribution in [2.75, 3.05) is 56.2 Å². The van der Waals surface area contributed by atoms with E-state index in [9.17, 15) is 4.79 Å². The summed E-state index contributed by atoms with van der Waals surface area (Å²) < 4.78 is 11.1. The van der Waals surface area contributed by atoms with Gasteiger partial charge in [0.05, 0.1) is 24.6 Å².